The van der Waals surface area contributed by atoms with Gasteiger partial charge in [-0.05, 0) is 63.7 Å². The van der Waals surface area contributed by atoms with Gasteiger partial charge in [-0.15, -0.1) is 0 Å². The normalized spacial score (nSPS) is 31.6. The highest BCUT2D eigenvalue weighted by molar-refractivity contribution is 6.74. The number of cyclic esters (lactones) is 1. The van der Waals surface area contributed by atoms with Gasteiger partial charge in [0.1, 0.15) is 11.7 Å². The molecule has 1 saturated carbocycles. The average Bonchev–Trinajstić information content (AvgIpc) is 3.25. The summed E-state index contributed by atoms with van der Waals surface area (Å²) in [5.74, 6) is -0.612. The quantitative estimate of drug-likeness (QED) is 0.110. The Bertz CT molecular complexity index is 1020. The predicted molar refractivity (Wildman–Crippen MR) is 180 cm³/mol. The molecule has 1 aliphatic carbocycles. The number of hydrogen-bond donors (Lipinski definition) is 1. The van der Waals surface area contributed by atoms with Gasteiger partial charge in [-0.25, -0.2) is 4.79 Å². The lowest BCUT2D eigenvalue weighted by Gasteiger charge is -2.41. The van der Waals surface area contributed by atoms with Crippen molar-refractivity contribution in [3.63, 3.8) is 0 Å². The molecule has 0 aromatic carbocycles. The van der Waals surface area contributed by atoms with Crippen molar-refractivity contribution in [1.82, 2.24) is 9.80 Å². The highest BCUT2D eigenvalue weighted by atomic mass is 28.4. The van der Waals surface area contributed by atoms with E-state index in [1.54, 1.807) is 31.3 Å². The number of ether oxygens (including phenoxy) is 3. The number of carbonyl (C=O) groups is 2. The van der Waals surface area contributed by atoms with Crippen LogP contribution in [0.15, 0.2) is 24.0 Å². The topological polar surface area (TPSA) is 97.8 Å². The van der Waals surface area contributed by atoms with Gasteiger partial charge >= 0.3 is 12.1 Å². The Labute approximate surface area is 273 Å². The molecule has 5 atom stereocenters. The molecule has 1 N–H and O–H groups in total. The first-order valence-electron chi connectivity index (χ1n) is 17.2. The number of piperazine rings is 1. The zero-order chi connectivity index (χ0) is 33.4. The van der Waals surface area contributed by atoms with Crippen LogP contribution in [0, 0.1) is 5.92 Å². The van der Waals surface area contributed by atoms with Crippen molar-refractivity contribution in [3.8, 4) is 0 Å². The largest absolute Gasteiger partial charge is 0.504 e. The lowest BCUT2D eigenvalue weighted by molar-refractivity contribution is -0.151. The fourth-order valence-corrected chi connectivity index (χ4v) is 7.85. The van der Waals surface area contributed by atoms with Gasteiger partial charge in [0.25, 0.3) is 0 Å². The SMILES string of the molecule is CO/C=C(\C)C1OC(=O)C[C@H](O[Si](C)(C)C(C)(C)C)CC[C@@](C)(O)[C@@H](OC(=O)N2CCN(C3CCCCCC3)CC2)/C=C/[C@@H]1C. The van der Waals surface area contributed by atoms with E-state index in [-0.39, 0.29) is 29.8 Å². The predicted octanol–water partition coefficient (Wildman–Crippen LogP) is 6.81. The average molecular weight is 651 g/mol. The van der Waals surface area contributed by atoms with Crippen LogP contribution in [0.2, 0.25) is 18.1 Å². The molecule has 1 unspecified atom stereocenters. The number of esters is 1. The van der Waals surface area contributed by atoms with Crippen LogP contribution in [-0.2, 0) is 23.4 Å². The van der Waals surface area contributed by atoms with Crippen LogP contribution in [-0.4, -0.2) is 98.5 Å². The minimum absolute atomic E-state index is 0.0566. The summed E-state index contributed by atoms with van der Waals surface area (Å²) in [4.78, 5) is 31.1. The van der Waals surface area contributed by atoms with E-state index in [1.807, 2.05) is 19.9 Å². The summed E-state index contributed by atoms with van der Waals surface area (Å²) in [5.41, 5.74) is -0.618. The molecular formula is C35H62N2O7Si. The fraction of sp³-hybridized carbons (Fsp3) is 0.829. The Hall–Kier alpha value is -1.88. The third-order valence-electron chi connectivity index (χ3n) is 10.5. The summed E-state index contributed by atoms with van der Waals surface area (Å²) < 4.78 is 24.1. The molecule has 2 fully saturated rings. The molecule has 0 radical (unpaired) electrons. The van der Waals surface area contributed by atoms with E-state index in [2.05, 4.69) is 38.8 Å². The lowest BCUT2D eigenvalue weighted by atomic mass is 9.89. The van der Waals surface area contributed by atoms with E-state index in [4.69, 9.17) is 18.6 Å². The summed E-state index contributed by atoms with van der Waals surface area (Å²) in [7, 11) is -0.679. The maximum Gasteiger partial charge on any atom is 0.410 e. The Balaban J connectivity index is 1.81. The standard InChI is InChI=1S/C35H62N2O7Si/c1-26-16-17-30(42-33(39)37-22-20-36(21-23-37)28-14-12-10-11-13-15-28)35(6,40)19-18-29(44-45(8,9)34(3,4)5)24-31(38)43-32(26)27(2)25-41-7/h16-17,25-26,28-30,32,40H,10-15,18-24H2,1-9H3/b17-16+,27-25+/t26-,29+,30-,32?,35+/m0/s1. The molecule has 2 heterocycles. The maximum absolute atomic E-state index is 13.5. The van der Waals surface area contributed by atoms with Crippen LogP contribution in [0.1, 0.15) is 99.3 Å². The number of nitrogens with zero attached hydrogens (tertiary/aromatic N) is 2. The molecule has 10 heteroatoms. The Kier molecular flexibility index (Phi) is 13.6. The first-order chi connectivity index (χ1) is 21.0. The second-order valence-corrected chi connectivity index (χ2v) is 20.1. The van der Waals surface area contributed by atoms with Crippen LogP contribution in [0.25, 0.3) is 0 Å². The van der Waals surface area contributed by atoms with Gasteiger partial charge < -0.3 is 28.6 Å². The molecule has 2 aliphatic heterocycles. The zero-order valence-corrected chi connectivity index (χ0v) is 30.6. The number of carbonyl (C=O) groups excluding carboxylic acids is 2. The Morgan fingerprint density at radius 3 is 2.27 bits per heavy atom. The molecule has 258 valence electrons. The first-order valence-corrected chi connectivity index (χ1v) is 20.1. The molecular weight excluding hydrogens is 588 g/mol. The molecule has 9 nitrogen and oxygen atoms in total. The van der Waals surface area contributed by atoms with Crippen LogP contribution in [0.4, 0.5) is 4.79 Å². The van der Waals surface area contributed by atoms with Gasteiger partial charge in [0.2, 0.25) is 0 Å². The van der Waals surface area contributed by atoms with E-state index in [9.17, 15) is 14.7 Å². The fourth-order valence-electron chi connectivity index (χ4n) is 6.46. The van der Waals surface area contributed by atoms with E-state index in [0.29, 0.717) is 25.6 Å². The molecule has 1 amide bonds. The molecule has 3 aliphatic rings. The summed E-state index contributed by atoms with van der Waals surface area (Å²) in [6.45, 7) is 19.3. The number of hydrogen-bond acceptors (Lipinski definition) is 8. The van der Waals surface area contributed by atoms with Crippen molar-refractivity contribution in [2.24, 2.45) is 5.92 Å². The number of rotatable bonds is 6. The minimum Gasteiger partial charge on any atom is -0.504 e. The summed E-state index contributed by atoms with van der Waals surface area (Å²) in [5, 5.41) is 11.8. The van der Waals surface area contributed by atoms with Crippen molar-refractivity contribution in [2.75, 3.05) is 33.3 Å². The lowest BCUT2D eigenvalue weighted by Crippen LogP contribution is -2.53. The van der Waals surface area contributed by atoms with Crippen molar-refractivity contribution in [3.05, 3.63) is 24.0 Å². The van der Waals surface area contributed by atoms with Gasteiger partial charge in [0.15, 0.2) is 14.4 Å². The summed E-state index contributed by atoms with van der Waals surface area (Å²) in [6, 6.07) is 0.612. The van der Waals surface area contributed by atoms with Crippen molar-refractivity contribution < 1.29 is 33.3 Å². The highest BCUT2D eigenvalue weighted by Gasteiger charge is 2.42. The van der Waals surface area contributed by atoms with Crippen molar-refractivity contribution in [2.45, 2.75) is 147 Å². The molecule has 3 rings (SSSR count). The van der Waals surface area contributed by atoms with Gasteiger partial charge in [0.05, 0.1) is 25.9 Å². The van der Waals surface area contributed by atoms with E-state index in [0.717, 1.165) is 18.7 Å². The van der Waals surface area contributed by atoms with Gasteiger partial charge in [0, 0.05) is 43.7 Å². The molecule has 0 aromatic heterocycles. The third kappa shape index (κ3) is 10.8. The monoisotopic (exact) mass is 650 g/mol. The number of amides is 1. The number of aliphatic hydroxyl groups is 1. The molecule has 0 spiro atoms. The Morgan fingerprint density at radius 2 is 1.69 bits per heavy atom. The molecule has 0 aromatic rings. The summed E-state index contributed by atoms with van der Waals surface area (Å²) in [6.07, 6.45) is 11.4. The summed E-state index contributed by atoms with van der Waals surface area (Å²) >= 11 is 0. The van der Waals surface area contributed by atoms with Gasteiger partial charge in [-0.1, -0.05) is 59.5 Å². The number of methoxy groups -OCH3 is 1. The smallest absolute Gasteiger partial charge is 0.410 e. The molecule has 45 heavy (non-hydrogen) atoms. The van der Waals surface area contributed by atoms with E-state index in [1.165, 1.54) is 38.5 Å². The Morgan fingerprint density at radius 1 is 1.07 bits per heavy atom. The van der Waals surface area contributed by atoms with Crippen LogP contribution >= 0.6 is 0 Å². The van der Waals surface area contributed by atoms with Gasteiger partial charge in [-0.2, -0.15) is 0 Å². The maximum atomic E-state index is 13.5. The highest BCUT2D eigenvalue weighted by Crippen LogP contribution is 2.39. The van der Waals surface area contributed by atoms with Crippen molar-refractivity contribution in [1.29, 1.82) is 0 Å². The van der Waals surface area contributed by atoms with E-state index < -0.39 is 38.3 Å². The second-order valence-electron chi connectivity index (χ2n) is 15.3. The zero-order valence-electron chi connectivity index (χ0n) is 29.6. The van der Waals surface area contributed by atoms with Crippen LogP contribution in [0.3, 0.4) is 0 Å². The first kappa shape index (κ1) is 37.6. The van der Waals surface area contributed by atoms with E-state index >= 15 is 0 Å². The van der Waals surface area contributed by atoms with Crippen molar-refractivity contribution >= 4 is 20.4 Å². The van der Waals surface area contributed by atoms with Crippen LogP contribution in [0.5, 0.6) is 0 Å². The molecule has 0 bridgehead atoms. The molecule has 1 saturated heterocycles. The second kappa shape index (κ2) is 16.3. The van der Waals surface area contributed by atoms with Crippen LogP contribution < -0.4 is 0 Å². The van der Waals surface area contributed by atoms with Gasteiger partial charge in [-0.3, -0.25) is 9.69 Å². The third-order valence-corrected chi connectivity index (χ3v) is 15.0. The minimum atomic E-state index is -2.24.